The first kappa shape index (κ1) is 28.3. The van der Waals surface area contributed by atoms with E-state index in [1.165, 1.54) is 55.9 Å². The van der Waals surface area contributed by atoms with Gasteiger partial charge in [0.25, 0.3) is 0 Å². The fourth-order valence-electron chi connectivity index (χ4n) is 8.41. The highest BCUT2D eigenvalue weighted by Gasteiger charge is 2.79. The highest BCUT2D eigenvalue weighted by molar-refractivity contribution is 6.02. The predicted octanol–water partition coefficient (Wildman–Crippen LogP) is 4.72. The molecule has 9 nitrogen and oxygen atoms in total. The number of furan rings is 2. The maximum absolute atomic E-state index is 17.6. The molecule has 3 fully saturated rings. The second kappa shape index (κ2) is 9.32. The van der Waals surface area contributed by atoms with Crippen LogP contribution in [0.4, 0.5) is 8.78 Å². The third-order valence-electron chi connectivity index (χ3n) is 10.4. The number of alkyl halides is 2. The highest BCUT2D eigenvalue weighted by Crippen LogP contribution is 2.71. The number of ether oxygens (including phenoxy) is 2. The first-order valence-corrected chi connectivity index (χ1v) is 13.8. The minimum Gasteiger partial charge on any atom is -0.457 e. The van der Waals surface area contributed by atoms with Crippen LogP contribution in [0.2, 0.25) is 0 Å². The van der Waals surface area contributed by atoms with Crippen LogP contribution in [0.1, 0.15) is 61.1 Å². The monoisotopic (exact) mass is 584 g/mol. The quantitative estimate of drug-likeness (QED) is 0.400. The van der Waals surface area contributed by atoms with Gasteiger partial charge >= 0.3 is 17.9 Å². The summed E-state index contributed by atoms with van der Waals surface area (Å²) in [6, 6.07) is 5.50. The minimum atomic E-state index is -2.42. The average molecular weight is 585 g/mol. The maximum Gasteiger partial charge on any atom is 0.381 e. The van der Waals surface area contributed by atoms with Crippen molar-refractivity contribution in [3.05, 3.63) is 72.1 Å². The Balaban J connectivity index is 1.46. The van der Waals surface area contributed by atoms with Crippen molar-refractivity contribution in [1.82, 2.24) is 0 Å². The lowest BCUT2D eigenvalue weighted by molar-refractivity contribution is -0.229. The highest BCUT2D eigenvalue weighted by atomic mass is 19.1. The number of hydrogen-bond acceptors (Lipinski definition) is 9. The first-order valence-electron chi connectivity index (χ1n) is 13.8. The summed E-state index contributed by atoms with van der Waals surface area (Å²) in [4.78, 5) is 52.3. The number of esters is 3. The molecule has 222 valence electrons. The number of aliphatic hydroxyl groups excluding tert-OH is 1. The van der Waals surface area contributed by atoms with Gasteiger partial charge in [0.05, 0.1) is 18.6 Å². The molecule has 0 amide bonds. The Morgan fingerprint density at radius 3 is 2.29 bits per heavy atom. The van der Waals surface area contributed by atoms with Gasteiger partial charge in [-0.3, -0.25) is 4.79 Å². The molecule has 2 aromatic heterocycles. The third-order valence-corrected chi connectivity index (χ3v) is 10.4. The van der Waals surface area contributed by atoms with E-state index in [9.17, 15) is 24.3 Å². The molecule has 4 aliphatic rings. The molecule has 2 unspecified atom stereocenters. The van der Waals surface area contributed by atoms with E-state index in [4.69, 9.17) is 18.3 Å². The molecule has 0 aliphatic heterocycles. The summed E-state index contributed by atoms with van der Waals surface area (Å²) in [5, 5.41) is 11.6. The first-order chi connectivity index (χ1) is 19.8. The van der Waals surface area contributed by atoms with Gasteiger partial charge in [-0.2, -0.15) is 0 Å². The predicted molar refractivity (Wildman–Crippen MR) is 139 cm³/mol. The van der Waals surface area contributed by atoms with E-state index < -0.39 is 82.2 Å². The summed E-state index contributed by atoms with van der Waals surface area (Å²) in [7, 11) is 0. The van der Waals surface area contributed by atoms with E-state index in [1.807, 2.05) is 0 Å². The van der Waals surface area contributed by atoms with Crippen LogP contribution in [0.15, 0.2) is 69.4 Å². The van der Waals surface area contributed by atoms with Gasteiger partial charge < -0.3 is 23.4 Å². The fourth-order valence-corrected chi connectivity index (χ4v) is 8.41. The van der Waals surface area contributed by atoms with E-state index in [1.54, 1.807) is 13.8 Å². The van der Waals surface area contributed by atoms with Crippen molar-refractivity contribution in [2.24, 2.45) is 28.6 Å². The Kier molecular flexibility index (Phi) is 6.27. The Labute approximate surface area is 239 Å². The maximum atomic E-state index is 17.6. The van der Waals surface area contributed by atoms with Crippen LogP contribution in [0.3, 0.4) is 0 Å². The molecule has 9 atom stereocenters. The van der Waals surface area contributed by atoms with Gasteiger partial charge in [-0.1, -0.05) is 19.9 Å². The molecule has 1 N–H and O–H groups in total. The van der Waals surface area contributed by atoms with Crippen LogP contribution in [-0.2, 0) is 19.1 Å². The number of aliphatic hydroxyl groups is 1. The van der Waals surface area contributed by atoms with Crippen LogP contribution < -0.4 is 0 Å². The Hall–Kier alpha value is -3.86. The van der Waals surface area contributed by atoms with Crippen molar-refractivity contribution in [1.29, 1.82) is 0 Å². The summed E-state index contributed by atoms with van der Waals surface area (Å²) < 4.78 is 54.8. The van der Waals surface area contributed by atoms with E-state index in [2.05, 4.69) is 0 Å². The molecule has 2 heterocycles. The van der Waals surface area contributed by atoms with E-state index in [-0.39, 0.29) is 29.9 Å². The molecular weight excluding hydrogens is 554 g/mol. The number of ketones is 1. The van der Waals surface area contributed by atoms with Gasteiger partial charge in [0.1, 0.15) is 6.17 Å². The zero-order valence-corrected chi connectivity index (χ0v) is 23.2. The van der Waals surface area contributed by atoms with Crippen molar-refractivity contribution < 1.29 is 51.4 Å². The Morgan fingerprint density at radius 2 is 1.67 bits per heavy atom. The molecule has 2 aromatic rings. The van der Waals surface area contributed by atoms with Gasteiger partial charge in [0.2, 0.25) is 17.1 Å². The zero-order valence-electron chi connectivity index (χ0n) is 23.2. The molecule has 3 saturated carbocycles. The molecule has 0 aromatic carbocycles. The van der Waals surface area contributed by atoms with Gasteiger partial charge in [0.15, 0.2) is 11.5 Å². The number of rotatable bonds is 4. The molecule has 0 bridgehead atoms. The fraction of sp³-hybridized carbons (Fsp3) is 0.484. The number of carbonyl (C=O) groups is 4. The van der Waals surface area contributed by atoms with Crippen LogP contribution in [0.25, 0.3) is 0 Å². The van der Waals surface area contributed by atoms with Gasteiger partial charge in [-0.25, -0.2) is 23.2 Å². The third kappa shape index (κ3) is 3.55. The van der Waals surface area contributed by atoms with E-state index in [0.29, 0.717) is 0 Å². The molecule has 4 aliphatic carbocycles. The molecular formula is C31H30F2O9. The molecule has 0 saturated heterocycles. The van der Waals surface area contributed by atoms with Gasteiger partial charge in [-0.05, 0) is 74.1 Å². The molecule has 6 rings (SSSR count). The largest absolute Gasteiger partial charge is 0.457 e. The SMILES string of the molecule is C[C@@H]1CC2C3C[C@H](F)C4=CC(=O)C=C[C@]4(C)[C@@]3(F)[C@@H](O)C[C@]2(C)[C@@]1(OC(=O)c1ccco1)C(=O)OC(=O)c1ccco1. The molecule has 0 radical (unpaired) electrons. The van der Waals surface area contributed by atoms with Gasteiger partial charge in [-0.15, -0.1) is 0 Å². The zero-order chi connectivity index (χ0) is 30.2. The van der Waals surface area contributed by atoms with Crippen LogP contribution >= 0.6 is 0 Å². The number of halogens is 2. The normalized spacial score (nSPS) is 40.4. The lowest BCUT2D eigenvalue weighted by Gasteiger charge is -2.63. The van der Waals surface area contributed by atoms with Crippen LogP contribution in [-0.4, -0.2) is 52.3 Å². The lowest BCUT2D eigenvalue weighted by Crippen LogP contribution is -2.71. The van der Waals surface area contributed by atoms with Crippen molar-refractivity contribution in [2.45, 2.75) is 63.6 Å². The smallest absolute Gasteiger partial charge is 0.381 e. The topological polar surface area (TPSA) is 133 Å². The van der Waals surface area contributed by atoms with Crippen molar-refractivity contribution in [3.63, 3.8) is 0 Å². The Morgan fingerprint density at radius 1 is 1.02 bits per heavy atom. The van der Waals surface area contributed by atoms with Crippen LogP contribution in [0, 0.1) is 28.6 Å². The number of fused-ring (bicyclic) bond motifs is 5. The molecule has 42 heavy (non-hydrogen) atoms. The summed E-state index contributed by atoms with van der Waals surface area (Å²) in [5.41, 5.74) is -7.81. The molecule has 0 spiro atoms. The number of allylic oxidation sites excluding steroid dienone is 4. The number of carbonyl (C=O) groups excluding carboxylic acids is 4. The van der Waals surface area contributed by atoms with Crippen molar-refractivity contribution in [2.75, 3.05) is 0 Å². The summed E-state index contributed by atoms with van der Waals surface area (Å²) in [5.74, 6) is -7.16. The van der Waals surface area contributed by atoms with E-state index in [0.717, 1.165) is 6.08 Å². The van der Waals surface area contributed by atoms with Crippen molar-refractivity contribution >= 4 is 23.7 Å². The minimum absolute atomic E-state index is 0.0404. The van der Waals surface area contributed by atoms with Crippen molar-refractivity contribution in [3.8, 4) is 0 Å². The Bertz CT molecular complexity index is 1510. The lowest BCUT2D eigenvalue weighted by atomic mass is 9.44. The second-order valence-corrected chi connectivity index (χ2v) is 12.3. The second-order valence-electron chi connectivity index (χ2n) is 12.3. The van der Waals surface area contributed by atoms with Gasteiger partial charge in [0, 0.05) is 22.7 Å². The summed E-state index contributed by atoms with van der Waals surface area (Å²) in [6.45, 7) is 4.64. The number of hydrogen-bond donors (Lipinski definition) is 1. The van der Waals surface area contributed by atoms with Crippen LogP contribution in [0.5, 0.6) is 0 Å². The summed E-state index contributed by atoms with van der Waals surface area (Å²) >= 11 is 0. The molecule has 11 heteroatoms. The van der Waals surface area contributed by atoms with E-state index >= 15 is 8.78 Å². The standard InChI is InChI=1S/C31H30F2O9/c1-16-12-18-19-14-21(32)20-13-17(34)8-9-28(20,2)30(19,33)24(35)15-29(18,3)31(16,42-26(37)23-7-5-11-40-23)27(38)41-25(36)22-6-4-10-39-22/h4-11,13,16,18-19,21,24,35H,12,14-15H2,1-3H3/t16-,18?,19?,21+,24+,28+,29+,30+,31+/m1/s1. The average Bonchev–Trinajstić information content (AvgIpc) is 3.70. The summed E-state index contributed by atoms with van der Waals surface area (Å²) in [6.07, 6.45) is 1.88.